The average Bonchev–Trinajstić information content (AvgIpc) is 3.25. The number of thiazole rings is 1. The topological polar surface area (TPSA) is 28.6 Å². The van der Waals surface area contributed by atoms with Gasteiger partial charge in [-0.2, -0.15) is 0 Å². The van der Waals surface area contributed by atoms with Crippen molar-refractivity contribution in [1.29, 1.82) is 0 Å². The highest BCUT2D eigenvalue weighted by Crippen LogP contribution is 2.41. The molecule has 0 unspecified atom stereocenters. The molecule has 2 saturated heterocycles. The Labute approximate surface area is 150 Å². The third kappa shape index (κ3) is 3.69. The summed E-state index contributed by atoms with van der Waals surface area (Å²) >= 11 is 1.80. The second-order valence-corrected chi connectivity index (χ2v) is 9.11. The molecule has 1 aromatic rings. The summed E-state index contributed by atoms with van der Waals surface area (Å²) in [5.74, 6) is 0.878. The number of ether oxygens (including phenoxy) is 1. The van der Waals surface area contributed by atoms with Crippen molar-refractivity contribution in [3.05, 3.63) is 16.1 Å². The molecule has 0 amide bonds. The van der Waals surface area contributed by atoms with Crippen LogP contribution in [0.15, 0.2) is 5.38 Å². The summed E-state index contributed by atoms with van der Waals surface area (Å²) < 4.78 is 5.99. The van der Waals surface area contributed by atoms with Gasteiger partial charge in [0, 0.05) is 42.4 Å². The van der Waals surface area contributed by atoms with Gasteiger partial charge in [-0.15, -0.1) is 11.3 Å². The molecule has 5 heteroatoms. The number of piperidine rings is 1. The second-order valence-electron chi connectivity index (χ2n) is 8.17. The highest BCUT2D eigenvalue weighted by atomic mass is 32.1. The summed E-state index contributed by atoms with van der Waals surface area (Å²) in [5, 5.41) is 3.44. The number of hydrogen-bond acceptors (Lipinski definition) is 5. The van der Waals surface area contributed by atoms with Crippen molar-refractivity contribution in [3.63, 3.8) is 0 Å². The van der Waals surface area contributed by atoms with Crippen LogP contribution in [0.2, 0.25) is 0 Å². The van der Waals surface area contributed by atoms with Crippen LogP contribution < -0.4 is 0 Å². The largest absolute Gasteiger partial charge is 0.380 e. The zero-order valence-electron chi connectivity index (χ0n) is 15.2. The van der Waals surface area contributed by atoms with E-state index < -0.39 is 0 Å². The summed E-state index contributed by atoms with van der Waals surface area (Å²) in [6.07, 6.45) is 8.04. The predicted molar refractivity (Wildman–Crippen MR) is 98.4 cm³/mol. The van der Waals surface area contributed by atoms with Gasteiger partial charge in [0.15, 0.2) is 0 Å². The van der Waals surface area contributed by atoms with E-state index in [9.17, 15) is 0 Å². The first kappa shape index (κ1) is 17.0. The van der Waals surface area contributed by atoms with Crippen LogP contribution in [0, 0.1) is 12.8 Å². The van der Waals surface area contributed by atoms with Gasteiger partial charge in [-0.25, -0.2) is 4.98 Å². The molecular formula is C19H31N3OS. The summed E-state index contributed by atoms with van der Waals surface area (Å²) in [7, 11) is 2.35. The lowest BCUT2D eigenvalue weighted by Crippen LogP contribution is -2.52. The van der Waals surface area contributed by atoms with Crippen molar-refractivity contribution < 1.29 is 4.74 Å². The van der Waals surface area contributed by atoms with Crippen LogP contribution in [0.1, 0.15) is 49.2 Å². The molecule has 3 fully saturated rings. The van der Waals surface area contributed by atoms with Crippen LogP contribution in [-0.2, 0) is 11.3 Å². The van der Waals surface area contributed by atoms with Gasteiger partial charge in [0.05, 0.1) is 13.2 Å². The standard InChI is InChI=1S/C19H31N3OS/c1-15-14-24-18(20-15)11-22-9-7-19(8-10-22)6-5-17(21(19)2)13-23-12-16-3-4-16/h14,16-17H,3-13H2,1-2H3/t17-/m1/s1. The molecule has 134 valence electrons. The summed E-state index contributed by atoms with van der Waals surface area (Å²) in [6.45, 7) is 7.47. The Bertz CT molecular complexity index is 549. The molecule has 1 aliphatic carbocycles. The van der Waals surface area contributed by atoms with E-state index in [4.69, 9.17) is 4.74 Å². The molecule has 1 atom stereocenters. The van der Waals surface area contributed by atoms with Crippen molar-refractivity contribution in [2.75, 3.05) is 33.4 Å². The molecule has 1 spiro atoms. The monoisotopic (exact) mass is 349 g/mol. The molecule has 4 rings (SSSR count). The maximum Gasteiger partial charge on any atom is 0.107 e. The van der Waals surface area contributed by atoms with E-state index in [1.807, 2.05) is 0 Å². The lowest BCUT2D eigenvalue weighted by Gasteiger charge is -2.45. The molecular weight excluding hydrogens is 318 g/mol. The molecule has 2 aliphatic heterocycles. The van der Waals surface area contributed by atoms with Crippen LogP contribution in [0.5, 0.6) is 0 Å². The molecule has 1 aromatic heterocycles. The second kappa shape index (κ2) is 7.02. The molecule has 4 nitrogen and oxygen atoms in total. The van der Waals surface area contributed by atoms with Crippen molar-refractivity contribution in [3.8, 4) is 0 Å². The molecule has 3 heterocycles. The van der Waals surface area contributed by atoms with Gasteiger partial charge in [-0.1, -0.05) is 0 Å². The van der Waals surface area contributed by atoms with Crippen molar-refractivity contribution >= 4 is 11.3 Å². The Hall–Kier alpha value is -0.490. The fourth-order valence-electron chi connectivity index (χ4n) is 4.44. The summed E-state index contributed by atoms with van der Waals surface area (Å²) in [4.78, 5) is 9.89. The first-order valence-corrected chi connectivity index (χ1v) is 10.5. The molecule has 1 saturated carbocycles. The van der Waals surface area contributed by atoms with E-state index in [1.54, 1.807) is 11.3 Å². The minimum absolute atomic E-state index is 0.433. The normalized spacial score (nSPS) is 28.0. The first-order chi connectivity index (χ1) is 11.6. The minimum Gasteiger partial charge on any atom is -0.380 e. The number of aryl methyl sites for hydroxylation is 1. The van der Waals surface area contributed by atoms with Crippen LogP contribution in [0.3, 0.4) is 0 Å². The Morgan fingerprint density at radius 1 is 1.21 bits per heavy atom. The zero-order chi connectivity index (χ0) is 16.6. The van der Waals surface area contributed by atoms with Gasteiger partial charge in [-0.05, 0) is 58.4 Å². The number of likely N-dealkylation sites (tertiary alicyclic amines) is 2. The molecule has 0 N–H and O–H groups in total. The van der Waals surface area contributed by atoms with Crippen LogP contribution in [0.4, 0.5) is 0 Å². The quantitative estimate of drug-likeness (QED) is 0.788. The molecule has 0 bridgehead atoms. The highest BCUT2D eigenvalue weighted by molar-refractivity contribution is 7.09. The van der Waals surface area contributed by atoms with Gasteiger partial charge in [0.1, 0.15) is 5.01 Å². The minimum atomic E-state index is 0.433. The van der Waals surface area contributed by atoms with Gasteiger partial charge in [-0.3, -0.25) is 9.80 Å². The van der Waals surface area contributed by atoms with Crippen LogP contribution in [-0.4, -0.2) is 59.7 Å². The Morgan fingerprint density at radius 2 is 2.00 bits per heavy atom. The maximum atomic E-state index is 5.99. The van der Waals surface area contributed by atoms with Crippen LogP contribution >= 0.6 is 11.3 Å². The van der Waals surface area contributed by atoms with Gasteiger partial charge >= 0.3 is 0 Å². The van der Waals surface area contributed by atoms with E-state index in [0.717, 1.165) is 31.4 Å². The SMILES string of the molecule is Cc1csc(CN2CCC3(CC[C@H](COCC4CC4)N3C)CC2)n1. The third-order valence-electron chi connectivity index (χ3n) is 6.41. The summed E-state index contributed by atoms with van der Waals surface area (Å²) in [5.41, 5.74) is 1.59. The van der Waals surface area contributed by atoms with Crippen molar-refractivity contribution in [2.24, 2.45) is 5.92 Å². The molecule has 0 radical (unpaired) electrons. The fourth-order valence-corrected chi connectivity index (χ4v) is 5.25. The lowest BCUT2D eigenvalue weighted by atomic mass is 9.85. The smallest absolute Gasteiger partial charge is 0.107 e. The van der Waals surface area contributed by atoms with Gasteiger partial charge in [0.25, 0.3) is 0 Å². The number of rotatable bonds is 6. The Kier molecular flexibility index (Phi) is 4.96. The highest BCUT2D eigenvalue weighted by Gasteiger charge is 2.45. The predicted octanol–water partition coefficient (Wildman–Crippen LogP) is 3.31. The van der Waals surface area contributed by atoms with E-state index in [1.165, 1.54) is 56.6 Å². The van der Waals surface area contributed by atoms with E-state index in [0.29, 0.717) is 11.6 Å². The lowest BCUT2D eigenvalue weighted by molar-refractivity contribution is 0.0161. The fraction of sp³-hybridized carbons (Fsp3) is 0.842. The van der Waals surface area contributed by atoms with Gasteiger partial charge in [0.2, 0.25) is 0 Å². The Morgan fingerprint density at radius 3 is 2.67 bits per heavy atom. The average molecular weight is 350 g/mol. The van der Waals surface area contributed by atoms with Gasteiger partial charge < -0.3 is 4.74 Å². The summed E-state index contributed by atoms with van der Waals surface area (Å²) in [6, 6.07) is 0.636. The number of likely N-dealkylation sites (N-methyl/N-ethyl adjacent to an activating group) is 1. The first-order valence-electron chi connectivity index (χ1n) is 9.59. The Balaban J connectivity index is 1.26. The van der Waals surface area contributed by atoms with Crippen LogP contribution in [0.25, 0.3) is 0 Å². The molecule has 3 aliphatic rings. The van der Waals surface area contributed by atoms with E-state index in [2.05, 4.69) is 34.1 Å². The number of nitrogens with zero attached hydrogens (tertiary/aromatic N) is 3. The number of hydrogen-bond donors (Lipinski definition) is 0. The molecule has 0 aromatic carbocycles. The number of aromatic nitrogens is 1. The zero-order valence-corrected chi connectivity index (χ0v) is 16.0. The van der Waals surface area contributed by atoms with E-state index in [-0.39, 0.29) is 0 Å². The van der Waals surface area contributed by atoms with Crippen molar-refractivity contribution in [1.82, 2.24) is 14.8 Å². The van der Waals surface area contributed by atoms with E-state index >= 15 is 0 Å². The van der Waals surface area contributed by atoms with Crippen molar-refractivity contribution in [2.45, 2.75) is 63.6 Å². The maximum absolute atomic E-state index is 5.99. The molecule has 24 heavy (non-hydrogen) atoms. The third-order valence-corrected chi connectivity index (χ3v) is 7.36.